The van der Waals surface area contributed by atoms with Crippen molar-refractivity contribution < 1.29 is 104 Å². The SMILES string of the molecule is CC=CC(CC)(NCC(=O)NCC=O)C(=O)CN(CC(C)O)C(O)CNC(O)CNC(O)CCCCC(O)NCCOC1OC(CO)C(O)C(OC2OC(CO)C(O)C(O)C2O)C1OC1CCC(O)C(C)O1. The number of ketones is 1. The highest BCUT2D eigenvalue weighted by atomic mass is 16.8. The van der Waals surface area contributed by atoms with Gasteiger partial charge < -0.3 is 99.8 Å². The zero-order chi connectivity index (χ0) is 53.5. The minimum atomic E-state index is -1.83. The van der Waals surface area contributed by atoms with Crippen molar-refractivity contribution >= 4 is 18.0 Å². The van der Waals surface area contributed by atoms with Crippen LogP contribution in [0.5, 0.6) is 0 Å². The molecular formula is C45H84N6O21. The molecule has 3 aliphatic rings. The van der Waals surface area contributed by atoms with E-state index in [2.05, 4.69) is 26.6 Å². The van der Waals surface area contributed by atoms with E-state index in [-0.39, 0.29) is 78.1 Å². The van der Waals surface area contributed by atoms with E-state index in [9.17, 15) is 75.7 Å². The largest absolute Gasteiger partial charge is 0.394 e. The Labute approximate surface area is 419 Å². The molecule has 19 atom stereocenters. The number of allylic oxidation sites excluding steroid dienone is 1. The number of Topliss-reactive ketones (excluding diaryl/α,β-unsaturated/α-hetero) is 1. The minimum absolute atomic E-state index is 0.0651. The fraction of sp³-hybridized carbons (Fsp3) is 0.889. The number of aliphatic hydroxyl groups excluding tert-OH is 12. The summed E-state index contributed by atoms with van der Waals surface area (Å²) < 4.78 is 35.3. The van der Waals surface area contributed by atoms with E-state index in [1.807, 2.05) is 0 Å². The summed E-state index contributed by atoms with van der Waals surface area (Å²) in [7, 11) is 0. The maximum Gasteiger partial charge on any atom is 0.234 e. The van der Waals surface area contributed by atoms with Crippen LogP contribution in [0.25, 0.3) is 0 Å². The van der Waals surface area contributed by atoms with Crippen molar-refractivity contribution in [1.82, 2.24) is 31.5 Å². The van der Waals surface area contributed by atoms with Gasteiger partial charge in [0.1, 0.15) is 80.0 Å². The first-order chi connectivity index (χ1) is 34.2. The van der Waals surface area contributed by atoms with Gasteiger partial charge in [0.2, 0.25) is 5.91 Å². The molecule has 0 aromatic rings. The molecule has 1 amide bonds. The Hall–Kier alpha value is -2.37. The van der Waals surface area contributed by atoms with Gasteiger partial charge in [0.25, 0.3) is 0 Å². The van der Waals surface area contributed by atoms with Gasteiger partial charge in [-0.25, -0.2) is 0 Å². The molecule has 27 nitrogen and oxygen atoms in total. The highest BCUT2D eigenvalue weighted by Crippen LogP contribution is 2.33. The lowest BCUT2D eigenvalue weighted by molar-refractivity contribution is -0.380. The summed E-state index contributed by atoms with van der Waals surface area (Å²) in [5.74, 6) is -0.893. The second-order valence-corrected chi connectivity index (χ2v) is 18.3. The smallest absolute Gasteiger partial charge is 0.234 e. The maximum absolute atomic E-state index is 13.7. The average molecular weight is 1050 g/mol. The van der Waals surface area contributed by atoms with Crippen LogP contribution in [0.1, 0.15) is 72.6 Å². The Morgan fingerprint density at radius 3 is 2.06 bits per heavy atom. The third-order valence-electron chi connectivity index (χ3n) is 12.6. The van der Waals surface area contributed by atoms with Crippen LogP contribution in [-0.2, 0) is 42.8 Å². The number of hydrogen-bond donors (Lipinski definition) is 17. The van der Waals surface area contributed by atoms with E-state index in [1.165, 1.54) is 11.8 Å². The molecule has 0 aromatic carbocycles. The highest BCUT2D eigenvalue weighted by molar-refractivity contribution is 5.93. The predicted molar refractivity (Wildman–Crippen MR) is 250 cm³/mol. The van der Waals surface area contributed by atoms with E-state index >= 15 is 0 Å². The van der Waals surface area contributed by atoms with E-state index in [0.717, 1.165) is 0 Å². The fourth-order valence-electron chi connectivity index (χ4n) is 8.38. The summed E-state index contributed by atoms with van der Waals surface area (Å²) >= 11 is 0. The van der Waals surface area contributed by atoms with E-state index < -0.39 is 141 Å². The molecule has 3 aliphatic heterocycles. The molecule has 0 bridgehead atoms. The first kappa shape index (κ1) is 63.9. The van der Waals surface area contributed by atoms with Gasteiger partial charge in [-0.2, -0.15) is 0 Å². The number of aliphatic hydroxyl groups is 12. The van der Waals surface area contributed by atoms with Crippen molar-refractivity contribution in [3.63, 3.8) is 0 Å². The lowest BCUT2D eigenvalue weighted by atomic mass is 9.89. The maximum atomic E-state index is 13.7. The number of unbranched alkanes of at least 4 members (excludes halogenated alkanes) is 1. The van der Waals surface area contributed by atoms with Crippen LogP contribution in [0.2, 0.25) is 0 Å². The van der Waals surface area contributed by atoms with Gasteiger partial charge in [0, 0.05) is 32.6 Å². The van der Waals surface area contributed by atoms with Crippen LogP contribution in [0.3, 0.4) is 0 Å². The molecule has 27 heteroatoms. The van der Waals surface area contributed by atoms with Gasteiger partial charge in [-0.15, -0.1) is 0 Å². The molecule has 17 N–H and O–H groups in total. The van der Waals surface area contributed by atoms with Crippen LogP contribution in [0.4, 0.5) is 0 Å². The van der Waals surface area contributed by atoms with Crippen molar-refractivity contribution in [3.05, 3.63) is 12.2 Å². The number of rotatable bonds is 35. The second kappa shape index (κ2) is 32.9. The molecule has 3 saturated heterocycles. The number of carbonyl (C=O) groups excluding carboxylic acids is 3. The molecule has 3 heterocycles. The van der Waals surface area contributed by atoms with Crippen molar-refractivity contribution in [1.29, 1.82) is 0 Å². The van der Waals surface area contributed by atoms with Gasteiger partial charge in [-0.3, -0.25) is 35.8 Å². The van der Waals surface area contributed by atoms with E-state index in [0.29, 0.717) is 25.5 Å². The number of hydrogen-bond acceptors (Lipinski definition) is 26. The molecule has 0 aromatic heterocycles. The van der Waals surface area contributed by atoms with Crippen molar-refractivity contribution in [2.45, 2.75) is 189 Å². The third kappa shape index (κ3) is 20.3. The molecular weight excluding hydrogens is 961 g/mol. The number of nitrogens with one attached hydrogen (secondary N) is 5. The lowest BCUT2D eigenvalue weighted by Gasteiger charge is -2.48. The standard InChI is InChI=1S/C45H84N6O21/c1-5-13-45(6-2,50-19-34(61)46-14-16-52)30(57)22-51(21-25(3)55)35(62)20-49-33(60)18-48-32(59)10-8-7-9-31(58)47-15-17-67-44-42(71-36-12-11-27(56)26(4)68-36)41(38(64)29(24-54)70-44)72-43-40(66)39(65)37(63)28(23-53)69-43/h5,13,16,25-29,31-33,35-44,47-50,53-56,58-60,62-66H,6-12,14-15,17-24H2,1-4H3,(H,46,61). The Kier molecular flexibility index (Phi) is 29.2. The average Bonchev–Trinajstić information content (AvgIpc) is 3.35. The number of aldehydes is 1. The number of nitrogens with zero attached hydrogens (tertiary/aromatic N) is 1. The summed E-state index contributed by atoms with van der Waals surface area (Å²) in [6, 6.07) is 0. The lowest BCUT2D eigenvalue weighted by Crippen LogP contribution is -2.65. The summed E-state index contributed by atoms with van der Waals surface area (Å²) in [5.41, 5.74) is -1.29. The molecule has 420 valence electrons. The van der Waals surface area contributed by atoms with Crippen LogP contribution in [0.15, 0.2) is 12.2 Å². The molecule has 3 rings (SSSR count). The third-order valence-corrected chi connectivity index (χ3v) is 12.6. The number of amides is 1. The Balaban J connectivity index is 1.45. The van der Waals surface area contributed by atoms with Gasteiger partial charge in [-0.1, -0.05) is 19.1 Å². The molecule has 0 aliphatic carbocycles. The molecule has 0 radical (unpaired) electrons. The number of carbonyl (C=O) groups is 3. The zero-order valence-electron chi connectivity index (χ0n) is 41.6. The highest BCUT2D eigenvalue weighted by Gasteiger charge is 2.53. The Bertz CT molecular complexity index is 1580. The fourth-order valence-corrected chi connectivity index (χ4v) is 8.38. The van der Waals surface area contributed by atoms with Crippen LogP contribution in [0, 0.1) is 0 Å². The monoisotopic (exact) mass is 1040 g/mol. The minimum Gasteiger partial charge on any atom is -0.394 e. The molecule has 0 spiro atoms. The molecule has 19 unspecified atom stereocenters. The molecule has 0 saturated carbocycles. The van der Waals surface area contributed by atoms with E-state index in [1.54, 1.807) is 32.9 Å². The Morgan fingerprint density at radius 2 is 1.44 bits per heavy atom. The first-order valence-corrected chi connectivity index (χ1v) is 24.7. The summed E-state index contributed by atoms with van der Waals surface area (Å²) in [5, 5.41) is 139. The predicted octanol–water partition coefficient (Wildman–Crippen LogP) is -6.98. The van der Waals surface area contributed by atoms with E-state index in [4.69, 9.17) is 28.4 Å². The normalized spacial score (nSPS) is 32.2. The quantitative estimate of drug-likeness (QED) is 0.0121. The van der Waals surface area contributed by atoms with Gasteiger partial charge in [0.05, 0.1) is 63.3 Å². The molecule has 3 fully saturated rings. The van der Waals surface area contributed by atoms with Gasteiger partial charge >= 0.3 is 0 Å². The van der Waals surface area contributed by atoms with Crippen LogP contribution >= 0.6 is 0 Å². The van der Waals surface area contributed by atoms with Gasteiger partial charge in [-0.05, 0) is 59.3 Å². The van der Waals surface area contributed by atoms with Gasteiger partial charge in [0.15, 0.2) is 24.7 Å². The second-order valence-electron chi connectivity index (χ2n) is 18.3. The van der Waals surface area contributed by atoms with Crippen LogP contribution < -0.4 is 26.6 Å². The Morgan fingerprint density at radius 1 is 0.806 bits per heavy atom. The summed E-state index contributed by atoms with van der Waals surface area (Å²) in [6.07, 6.45) is -17.3. The number of ether oxygens (including phenoxy) is 6. The van der Waals surface area contributed by atoms with Crippen LogP contribution in [-0.4, -0.2) is 266 Å². The topological polar surface area (TPSA) is 413 Å². The summed E-state index contributed by atoms with van der Waals surface area (Å²) in [6.45, 7) is 3.85. The van der Waals surface area contributed by atoms with Crippen molar-refractivity contribution in [2.24, 2.45) is 0 Å². The zero-order valence-corrected chi connectivity index (χ0v) is 41.6. The summed E-state index contributed by atoms with van der Waals surface area (Å²) in [4.78, 5) is 37.8. The first-order valence-electron chi connectivity index (χ1n) is 24.7. The molecule has 72 heavy (non-hydrogen) atoms. The van der Waals surface area contributed by atoms with Crippen molar-refractivity contribution in [3.8, 4) is 0 Å². The van der Waals surface area contributed by atoms with Crippen molar-refractivity contribution in [2.75, 3.05) is 65.6 Å².